The lowest BCUT2D eigenvalue weighted by Gasteiger charge is -2.00. The Morgan fingerprint density at radius 3 is 2.82 bits per heavy atom. The van der Waals surface area contributed by atoms with Crippen molar-refractivity contribution in [3.63, 3.8) is 0 Å². The zero-order valence-electron chi connectivity index (χ0n) is 6.76. The SMILES string of the molecule is CCc1ccnc(C)c1C#N. The molecule has 0 radical (unpaired) electrons. The van der Waals surface area contributed by atoms with Gasteiger partial charge in [0.05, 0.1) is 11.3 Å². The second-order valence-corrected chi connectivity index (χ2v) is 2.40. The van der Waals surface area contributed by atoms with Gasteiger partial charge in [-0.25, -0.2) is 0 Å². The molecule has 56 valence electrons. The van der Waals surface area contributed by atoms with Gasteiger partial charge in [0.2, 0.25) is 0 Å². The van der Waals surface area contributed by atoms with Gasteiger partial charge in [-0.1, -0.05) is 6.92 Å². The van der Waals surface area contributed by atoms with Crippen molar-refractivity contribution in [1.29, 1.82) is 5.26 Å². The van der Waals surface area contributed by atoms with Gasteiger partial charge in [0.15, 0.2) is 0 Å². The second kappa shape index (κ2) is 3.16. The van der Waals surface area contributed by atoms with Crippen LogP contribution in [0, 0.1) is 18.3 Å². The number of aryl methyl sites for hydroxylation is 2. The average molecular weight is 146 g/mol. The quantitative estimate of drug-likeness (QED) is 0.606. The summed E-state index contributed by atoms with van der Waals surface area (Å²) in [7, 11) is 0. The molecule has 1 heterocycles. The molecule has 2 heteroatoms. The van der Waals surface area contributed by atoms with Crippen molar-refractivity contribution in [2.45, 2.75) is 20.3 Å². The maximum absolute atomic E-state index is 8.74. The van der Waals surface area contributed by atoms with Crippen LogP contribution in [0.3, 0.4) is 0 Å². The van der Waals surface area contributed by atoms with E-state index in [0.29, 0.717) is 0 Å². The van der Waals surface area contributed by atoms with E-state index in [1.54, 1.807) is 6.20 Å². The minimum absolute atomic E-state index is 0.731. The summed E-state index contributed by atoms with van der Waals surface area (Å²) in [6.07, 6.45) is 2.64. The summed E-state index contributed by atoms with van der Waals surface area (Å²) in [6, 6.07) is 4.05. The fourth-order valence-corrected chi connectivity index (χ4v) is 1.07. The van der Waals surface area contributed by atoms with Crippen LogP contribution < -0.4 is 0 Å². The Morgan fingerprint density at radius 1 is 1.64 bits per heavy atom. The van der Waals surface area contributed by atoms with Gasteiger partial charge in [0.25, 0.3) is 0 Å². The fourth-order valence-electron chi connectivity index (χ4n) is 1.07. The molecule has 11 heavy (non-hydrogen) atoms. The Labute approximate surface area is 66.5 Å². The van der Waals surface area contributed by atoms with E-state index in [1.807, 2.05) is 19.9 Å². The van der Waals surface area contributed by atoms with Crippen LogP contribution in [0.5, 0.6) is 0 Å². The van der Waals surface area contributed by atoms with E-state index < -0.39 is 0 Å². The first-order valence-corrected chi connectivity index (χ1v) is 3.64. The number of nitriles is 1. The molecule has 0 aliphatic rings. The summed E-state index contributed by atoms with van der Waals surface area (Å²) in [4.78, 5) is 4.04. The zero-order chi connectivity index (χ0) is 8.27. The molecule has 0 N–H and O–H groups in total. The molecule has 1 aromatic rings. The molecule has 0 aromatic carbocycles. The molecule has 0 spiro atoms. The Balaban J connectivity index is 3.27. The molecule has 0 fully saturated rings. The minimum Gasteiger partial charge on any atom is -0.260 e. The van der Waals surface area contributed by atoms with Crippen LogP contribution in [0.25, 0.3) is 0 Å². The topological polar surface area (TPSA) is 36.7 Å². The second-order valence-electron chi connectivity index (χ2n) is 2.40. The average Bonchev–Trinajstić information content (AvgIpc) is 2.04. The monoisotopic (exact) mass is 146 g/mol. The Kier molecular flexibility index (Phi) is 2.22. The predicted octanol–water partition coefficient (Wildman–Crippen LogP) is 1.82. The van der Waals surface area contributed by atoms with Crippen molar-refractivity contribution in [3.8, 4) is 6.07 Å². The summed E-state index contributed by atoms with van der Waals surface area (Å²) < 4.78 is 0. The van der Waals surface area contributed by atoms with Crippen molar-refractivity contribution in [3.05, 3.63) is 29.1 Å². The van der Waals surface area contributed by atoms with Crippen LogP contribution in [0.2, 0.25) is 0 Å². The van der Waals surface area contributed by atoms with E-state index in [0.717, 1.165) is 23.2 Å². The maximum Gasteiger partial charge on any atom is 0.101 e. The van der Waals surface area contributed by atoms with Crippen LogP contribution in [0.15, 0.2) is 12.3 Å². The maximum atomic E-state index is 8.74. The normalized spacial score (nSPS) is 9.18. The van der Waals surface area contributed by atoms with Gasteiger partial charge in [0, 0.05) is 6.20 Å². The van der Waals surface area contributed by atoms with Gasteiger partial charge < -0.3 is 0 Å². The summed E-state index contributed by atoms with van der Waals surface area (Å²) in [5.41, 5.74) is 2.64. The molecule has 0 atom stereocenters. The molecule has 1 aromatic heterocycles. The lowest BCUT2D eigenvalue weighted by atomic mass is 10.1. The summed E-state index contributed by atoms with van der Waals surface area (Å²) in [6.45, 7) is 3.90. The van der Waals surface area contributed by atoms with Crippen LogP contribution in [-0.4, -0.2) is 4.98 Å². The first kappa shape index (κ1) is 7.74. The smallest absolute Gasteiger partial charge is 0.101 e. The van der Waals surface area contributed by atoms with Gasteiger partial charge in [0.1, 0.15) is 6.07 Å². The molecule has 0 bridgehead atoms. The number of hydrogen-bond acceptors (Lipinski definition) is 2. The van der Waals surface area contributed by atoms with Gasteiger partial charge in [-0.2, -0.15) is 5.26 Å². The van der Waals surface area contributed by atoms with Crippen molar-refractivity contribution in [1.82, 2.24) is 4.98 Å². The molecule has 2 nitrogen and oxygen atoms in total. The van der Waals surface area contributed by atoms with E-state index in [9.17, 15) is 0 Å². The van der Waals surface area contributed by atoms with Crippen LogP contribution >= 0.6 is 0 Å². The van der Waals surface area contributed by atoms with E-state index in [1.165, 1.54) is 0 Å². The first-order chi connectivity index (χ1) is 5.29. The molecular weight excluding hydrogens is 136 g/mol. The van der Waals surface area contributed by atoms with Crippen LogP contribution in [-0.2, 0) is 6.42 Å². The fraction of sp³-hybridized carbons (Fsp3) is 0.333. The highest BCUT2D eigenvalue weighted by molar-refractivity contribution is 5.39. The van der Waals surface area contributed by atoms with Crippen LogP contribution in [0.4, 0.5) is 0 Å². The zero-order valence-corrected chi connectivity index (χ0v) is 6.76. The molecule has 0 aliphatic heterocycles. The summed E-state index contributed by atoms with van der Waals surface area (Å²) in [5, 5.41) is 8.74. The Hall–Kier alpha value is -1.36. The van der Waals surface area contributed by atoms with E-state index in [2.05, 4.69) is 11.1 Å². The molecular formula is C9H10N2. The third kappa shape index (κ3) is 1.38. The van der Waals surface area contributed by atoms with Crippen molar-refractivity contribution >= 4 is 0 Å². The standard InChI is InChI=1S/C9H10N2/c1-3-8-4-5-11-7(2)9(8)6-10/h4-5H,3H2,1-2H3. The van der Waals surface area contributed by atoms with Gasteiger partial charge in [-0.15, -0.1) is 0 Å². The third-order valence-corrected chi connectivity index (χ3v) is 1.72. The number of rotatable bonds is 1. The highest BCUT2D eigenvalue weighted by Gasteiger charge is 2.02. The number of hydrogen-bond donors (Lipinski definition) is 0. The molecule has 0 saturated carbocycles. The van der Waals surface area contributed by atoms with Crippen LogP contribution in [0.1, 0.15) is 23.7 Å². The molecule has 0 aliphatic carbocycles. The number of aromatic nitrogens is 1. The minimum atomic E-state index is 0.731. The highest BCUT2D eigenvalue weighted by atomic mass is 14.7. The van der Waals surface area contributed by atoms with Gasteiger partial charge >= 0.3 is 0 Å². The van der Waals surface area contributed by atoms with Crippen molar-refractivity contribution < 1.29 is 0 Å². The number of nitrogens with zero attached hydrogens (tertiary/aromatic N) is 2. The molecule has 0 saturated heterocycles. The predicted molar refractivity (Wildman–Crippen MR) is 43.1 cm³/mol. The lowest BCUT2D eigenvalue weighted by molar-refractivity contribution is 1.07. The molecule has 0 amide bonds. The van der Waals surface area contributed by atoms with E-state index in [-0.39, 0.29) is 0 Å². The lowest BCUT2D eigenvalue weighted by Crippen LogP contribution is -1.93. The molecule has 1 rings (SSSR count). The van der Waals surface area contributed by atoms with Crippen molar-refractivity contribution in [2.75, 3.05) is 0 Å². The Bertz CT molecular complexity index is 297. The van der Waals surface area contributed by atoms with Crippen molar-refractivity contribution in [2.24, 2.45) is 0 Å². The van der Waals surface area contributed by atoms with Gasteiger partial charge in [-0.3, -0.25) is 4.98 Å². The number of pyridine rings is 1. The first-order valence-electron chi connectivity index (χ1n) is 3.64. The molecule has 0 unspecified atom stereocenters. The Morgan fingerprint density at radius 2 is 2.36 bits per heavy atom. The van der Waals surface area contributed by atoms with E-state index in [4.69, 9.17) is 5.26 Å². The largest absolute Gasteiger partial charge is 0.260 e. The highest BCUT2D eigenvalue weighted by Crippen LogP contribution is 2.10. The summed E-state index contributed by atoms with van der Waals surface area (Å²) >= 11 is 0. The van der Waals surface area contributed by atoms with Gasteiger partial charge in [-0.05, 0) is 25.0 Å². The third-order valence-electron chi connectivity index (χ3n) is 1.72. The summed E-state index contributed by atoms with van der Waals surface area (Å²) in [5.74, 6) is 0. The van der Waals surface area contributed by atoms with E-state index >= 15 is 0 Å².